The van der Waals surface area contributed by atoms with Gasteiger partial charge in [-0.05, 0) is 46.4 Å². The van der Waals surface area contributed by atoms with Gasteiger partial charge in [0.05, 0.1) is 6.54 Å². The van der Waals surface area contributed by atoms with Crippen LogP contribution in [0.15, 0.2) is 60.9 Å². The van der Waals surface area contributed by atoms with Crippen molar-refractivity contribution in [3.05, 3.63) is 75.1 Å². The Bertz CT molecular complexity index is 719. The van der Waals surface area contributed by atoms with Crippen LogP contribution in [-0.4, -0.2) is 9.55 Å². The molecule has 0 bridgehead atoms. The van der Waals surface area contributed by atoms with Crippen molar-refractivity contribution in [1.29, 1.82) is 0 Å². The van der Waals surface area contributed by atoms with Crippen molar-refractivity contribution < 1.29 is 0 Å². The molecule has 0 radical (unpaired) electrons. The van der Waals surface area contributed by atoms with Crippen LogP contribution in [-0.2, 0) is 6.54 Å². The molecule has 0 saturated heterocycles. The average Bonchev–Trinajstić information content (AvgIpc) is 2.90. The van der Waals surface area contributed by atoms with Gasteiger partial charge < -0.3 is 4.57 Å². The van der Waals surface area contributed by atoms with Gasteiger partial charge in [0.1, 0.15) is 5.82 Å². The number of halogens is 2. The van der Waals surface area contributed by atoms with Crippen molar-refractivity contribution >= 4 is 34.2 Å². The normalized spacial score (nSPS) is 10.7. The predicted octanol–water partition coefficient (Wildman–Crippen LogP) is 4.86. The minimum Gasteiger partial charge on any atom is -0.327 e. The molecule has 4 heteroatoms. The fraction of sp³-hybridized carbons (Fsp3) is 0.0625. The molecule has 0 amide bonds. The molecular formula is C16H12ClIN2. The Hall–Kier alpha value is -1.33. The van der Waals surface area contributed by atoms with Gasteiger partial charge in [-0.25, -0.2) is 4.98 Å². The fourth-order valence-corrected chi connectivity index (χ4v) is 2.66. The lowest BCUT2D eigenvalue weighted by Crippen LogP contribution is -2.01. The molecule has 0 aliphatic rings. The monoisotopic (exact) mass is 394 g/mol. The van der Waals surface area contributed by atoms with Crippen molar-refractivity contribution in [2.75, 3.05) is 0 Å². The van der Waals surface area contributed by atoms with Gasteiger partial charge in [-0.1, -0.05) is 41.9 Å². The first-order chi connectivity index (χ1) is 9.74. The predicted molar refractivity (Wildman–Crippen MR) is 90.9 cm³/mol. The second-order valence-electron chi connectivity index (χ2n) is 4.48. The lowest BCUT2D eigenvalue weighted by molar-refractivity contribution is 0.807. The SMILES string of the molecule is Clc1ccccc1Cn1ccnc1-c1ccc(I)cc1. The van der Waals surface area contributed by atoms with Crippen molar-refractivity contribution in [2.24, 2.45) is 0 Å². The standard InChI is InChI=1S/C16H12ClIN2/c17-15-4-2-1-3-13(15)11-20-10-9-19-16(20)12-5-7-14(18)8-6-12/h1-10H,11H2. The van der Waals surface area contributed by atoms with Gasteiger partial charge in [0.2, 0.25) is 0 Å². The molecule has 0 saturated carbocycles. The Morgan fingerprint density at radius 3 is 2.55 bits per heavy atom. The van der Waals surface area contributed by atoms with E-state index in [0.29, 0.717) is 0 Å². The Morgan fingerprint density at radius 2 is 1.80 bits per heavy atom. The Labute approximate surface area is 136 Å². The molecule has 0 aliphatic heterocycles. The third kappa shape index (κ3) is 2.88. The maximum atomic E-state index is 6.23. The van der Waals surface area contributed by atoms with E-state index in [0.717, 1.165) is 28.5 Å². The summed E-state index contributed by atoms with van der Waals surface area (Å²) in [6, 6.07) is 16.3. The molecule has 1 aromatic heterocycles. The number of benzene rings is 2. The van der Waals surface area contributed by atoms with Crippen molar-refractivity contribution in [2.45, 2.75) is 6.54 Å². The number of imidazole rings is 1. The van der Waals surface area contributed by atoms with E-state index in [1.54, 1.807) is 0 Å². The van der Waals surface area contributed by atoms with E-state index in [-0.39, 0.29) is 0 Å². The van der Waals surface area contributed by atoms with Gasteiger partial charge >= 0.3 is 0 Å². The highest BCUT2D eigenvalue weighted by Gasteiger charge is 2.07. The zero-order chi connectivity index (χ0) is 13.9. The Morgan fingerprint density at radius 1 is 1.05 bits per heavy atom. The van der Waals surface area contributed by atoms with Crippen LogP contribution >= 0.6 is 34.2 Å². The quantitative estimate of drug-likeness (QED) is 0.580. The van der Waals surface area contributed by atoms with Crippen LogP contribution in [0.1, 0.15) is 5.56 Å². The largest absolute Gasteiger partial charge is 0.327 e. The topological polar surface area (TPSA) is 17.8 Å². The number of rotatable bonds is 3. The minimum atomic E-state index is 0.723. The summed E-state index contributed by atoms with van der Waals surface area (Å²) in [6.07, 6.45) is 3.81. The van der Waals surface area contributed by atoms with Gasteiger partial charge in [0, 0.05) is 26.5 Å². The van der Waals surface area contributed by atoms with Gasteiger partial charge in [0.15, 0.2) is 0 Å². The molecule has 0 N–H and O–H groups in total. The van der Waals surface area contributed by atoms with Crippen LogP contribution < -0.4 is 0 Å². The summed E-state index contributed by atoms with van der Waals surface area (Å²) in [4.78, 5) is 4.46. The molecule has 3 aromatic rings. The second kappa shape index (κ2) is 5.97. The summed E-state index contributed by atoms with van der Waals surface area (Å²) in [5.41, 5.74) is 2.21. The van der Waals surface area contributed by atoms with Gasteiger partial charge in [-0.2, -0.15) is 0 Å². The minimum absolute atomic E-state index is 0.723. The summed E-state index contributed by atoms with van der Waals surface area (Å²) in [5, 5.41) is 0.787. The molecule has 2 nitrogen and oxygen atoms in total. The molecule has 20 heavy (non-hydrogen) atoms. The van der Waals surface area contributed by atoms with E-state index in [2.05, 4.69) is 56.4 Å². The summed E-state index contributed by atoms with van der Waals surface area (Å²) < 4.78 is 3.33. The third-order valence-electron chi connectivity index (χ3n) is 3.12. The highest BCUT2D eigenvalue weighted by Crippen LogP contribution is 2.22. The first kappa shape index (κ1) is 13.6. The smallest absolute Gasteiger partial charge is 0.140 e. The van der Waals surface area contributed by atoms with E-state index in [1.807, 2.05) is 36.7 Å². The van der Waals surface area contributed by atoms with Gasteiger partial charge in [-0.15, -0.1) is 0 Å². The van der Waals surface area contributed by atoms with Gasteiger partial charge in [-0.3, -0.25) is 0 Å². The lowest BCUT2D eigenvalue weighted by Gasteiger charge is -2.09. The third-order valence-corrected chi connectivity index (χ3v) is 4.20. The summed E-state index contributed by atoms with van der Waals surface area (Å²) in [7, 11) is 0. The van der Waals surface area contributed by atoms with E-state index in [4.69, 9.17) is 11.6 Å². The highest BCUT2D eigenvalue weighted by atomic mass is 127. The highest BCUT2D eigenvalue weighted by molar-refractivity contribution is 14.1. The van der Waals surface area contributed by atoms with E-state index >= 15 is 0 Å². The van der Waals surface area contributed by atoms with E-state index in [1.165, 1.54) is 3.57 Å². The van der Waals surface area contributed by atoms with Crippen LogP contribution in [0.3, 0.4) is 0 Å². The molecule has 100 valence electrons. The number of hydrogen-bond donors (Lipinski definition) is 0. The zero-order valence-electron chi connectivity index (χ0n) is 10.6. The van der Waals surface area contributed by atoms with E-state index in [9.17, 15) is 0 Å². The second-order valence-corrected chi connectivity index (χ2v) is 6.13. The number of nitrogens with zero attached hydrogens (tertiary/aromatic N) is 2. The average molecular weight is 395 g/mol. The van der Waals surface area contributed by atoms with Crippen LogP contribution in [0.5, 0.6) is 0 Å². The van der Waals surface area contributed by atoms with E-state index < -0.39 is 0 Å². The Kier molecular flexibility index (Phi) is 4.08. The first-order valence-corrected chi connectivity index (χ1v) is 7.70. The lowest BCUT2D eigenvalue weighted by atomic mass is 10.2. The van der Waals surface area contributed by atoms with Crippen LogP contribution in [0, 0.1) is 3.57 Å². The van der Waals surface area contributed by atoms with Crippen molar-refractivity contribution in [3.8, 4) is 11.4 Å². The summed E-state index contributed by atoms with van der Waals surface area (Å²) in [6.45, 7) is 0.723. The first-order valence-electron chi connectivity index (χ1n) is 6.24. The van der Waals surface area contributed by atoms with Gasteiger partial charge in [0.25, 0.3) is 0 Å². The molecule has 0 atom stereocenters. The molecule has 0 aliphatic carbocycles. The molecule has 2 aromatic carbocycles. The van der Waals surface area contributed by atoms with Crippen molar-refractivity contribution in [3.63, 3.8) is 0 Å². The molecule has 0 spiro atoms. The maximum absolute atomic E-state index is 6.23. The van der Waals surface area contributed by atoms with Crippen LogP contribution in [0.4, 0.5) is 0 Å². The summed E-state index contributed by atoms with van der Waals surface area (Å²) in [5.74, 6) is 0.960. The van der Waals surface area contributed by atoms with Crippen LogP contribution in [0.25, 0.3) is 11.4 Å². The summed E-state index contributed by atoms with van der Waals surface area (Å²) >= 11 is 8.53. The number of hydrogen-bond acceptors (Lipinski definition) is 1. The number of aromatic nitrogens is 2. The molecule has 0 fully saturated rings. The fourth-order valence-electron chi connectivity index (χ4n) is 2.11. The molecule has 0 unspecified atom stereocenters. The zero-order valence-corrected chi connectivity index (χ0v) is 13.5. The van der Waals surface area contributed by atoms with Crippen LogP contribution in [0.2, 0.25) is 5.02 Å². The Balaban J connectivity index is 1.95. The molecule has 1 heterocycles. The maximum Gasteiger partial charge on any atom is 0.140 e. The van der Waals surface area contributed by atoms with Crippen molar-refractivity contribution in [1.82, 2.24) is 9.55 Å². The molecular weight excluding hydrogens is 383 g/mol. The molecule has 3 rings (SSSR count).